The fraction of sp³-hybridized carbons (Fsp3) is 0.643. The topological polar surface area (TPSA) is 61.8 Å². The zero-order valence-electron chi connectivity index (χ0n) is 13.4. The molecule has 0 aromatic carbocycles. The SMILES string of the molecule is Br.CCN(CC)CCCC(C)Nn1cnc2c(=S)nc[nH]c21. The Kier molecular flexibility index (Phi) is 7.98. The van der Waals surface area contributed by atoms with E-state index in [-0.39, 0.29) is 17.0 Å². The van der Waals surface area contributed by atoms with Crippen LogP contribution in [0.4, 0.5) is 0 Å². The van der Waals surface area contributed by atoms with Crippen molar-refractivity contribution in [2.45, 2.75) is 39.7 Å². The van der Waals surface area contributed by atoms with Crippen molar-refractivity contribution in [3.63, 3.8) is 0 Å². The van der Waals surface area contributed by atoms with Crippen molar-refractivity contribution in [3.8, 4) is 0 Å². The van der Waals surface area contributed by atoms with Gasteiger partial charge in [0.1, 0.15) is 11.8 Å². The zero-order valence-corrected chi connectivity index (χ0v) is 15.9. The highest BCUT2D eigenvalue weighted by Crippen LogP contribution is 2.09. The predicted octanol–water partition coefficient (Wildman–Crippen LogP) is 3.12. The van der Waals surface area contributed by atoms with Crippen molar-refractivity contribution in [1.29, 1.82) is 0 Å². The van der Waals surface area contributed by atoms with Crippen LogP contribution in [0.2, 0.25) is 0 Å². The standard InChI is InChI=1S/C14H24N6S.BrH/c1-4-19(5-2)8-6-7-11(3)18-20-10-17-12-13(20)15-9-16-14(12)21;/h9-11,18H,4-8H2,1-3H3,(H,15,16,21);1H. The van der Waals surface area contributed by atoms with Crippen molar-refractivity contribution >= 4 is 40.4 Å². The van der Waals surface area contributed by atoms with E-state index in [1.807, 2.05) is 4.68 Å². The first-order valence-corrected chi connectivity index (χ1v) is 7.96. The molecular weight excluding hydrogens is 364 g/mol. The first kappa shape index (κ1) is 19.1. The molecule has 0 aliphatic rings. The summed E-state index contributed by atoms with van der Waals surface area (Å²) in [5, 5.41) is 0. The second-order valence-electron chi connectivity index (χ2n) is 5.22. The minimum atomic E-state index is 0. The minimum absolute atomic E-state index is 0. The monoisotopic (exact) mass is 388 g/mol. The van der Waals surface area contributed by atoms with Gasteiger partial charge in [-0.25, -0.2) is 14.6 Å². The van der Waals surface area contributed by atoms with Gasteiger partial charge in [-0.05, 0) is 39.4 Å². The molecule has 1 unspecified atom stereocenters. The quantitative estimate of drug-likeness (QED) is 0.680. The van der Waals surface area contributed by atoms with Crippen LogP contribution in [0.3, 0.4) is 0 Å². The summed E-state index contributed by atoms with van der Waals surface area (Å²) in [5.41, 5.74) is 5.03. The van der Waals surface area contributed by atoms with Crippen molar-refractivity contribution in [1.82, 2.24) is 24.5 Å². The smallest absolute Gasteiger partial charge is 0.160 e. The number of hydrogen-bond acceptors (Lipinski definition) is 5. The second kappa shape index (κ2) is 9.22. The van der Waals surface area contributed by atoms with Crippen LogP contribution in [0.1, 0.15) is 33.6 Å². The van der Waals surface area contributed by atoms with E-state index in [2.05, 4.69) is 46.0 Å². The first-order valence-electron chi connectivity index (χ1n) is 7.55. The molecule has 22 heavy (non-hydrogen) atoms. The van der Waals surface area contributed by atoms with E-state index in [1.54, 1.807) is 12.7 Å². The number of H-pyrrole nitrogens is 1. The van der Waals surface area contributed by atoms with Crippen LogP contribution in [-0.2, 0) is 0 Å². The molecular formula is C14H25BrN6S. The van der Waals surface area contributed by atoms with Gasteiger partial charge in [0.2, 0.25) is 0 Å². The predicted molar refractivity (Wildman–Crippen MR) is 98.9 cm³/mol. The molecule has 0 amide bonds. The van der Waals surface area contributed by atoms with E-state index in [1.165, 1.54) is 6.42 Å². The highest BCUT2D eigenvalue weighted by molar-refractivity contribution is 8.93. The summed E-state index contributed by atoms with van der Waals surface area (Å²) in [6.07, 6.45) is 5.65. The Morgan fingerprint density at radius 3 is 2.77 bits per heavy atom. The molecule has 0 spiro atoms. The van der Waals surface area contributed by atoms with Crippen molar-refractivity contribution in [2.75, 3.05) is 25.1 Å². The van der Waals surface area contributed by atoms with Gasteiger partial charge >= 0.3 is 0 Å². The van der Waals surface area contributed by atoms with Gasteiger partial charge in [-0.15, -0.1) is 17.0 Å². The molecule has 2 heterocycles. The number of nitrogens with one attached hydrogen (secondary N) is 2. The van der Waals surface area contributed by atoms with Gasteiger partial charge in [0.15, 0.2) is 10.3 Å². The molecule has 6 nitrogen and oxygen atoms in total. The van der Waals surface area contributed by atoms with Crippen LogP contribution in [0.25, 0.3) is 11.2 Å². The van der Waals surface area contributed by atoms with E-state index in [0.717, 1.165) is 37.2 Å². The van der Waals surface area contributed by atoms with Crippen molar-refractivity contribution in [3.05, 3.63) is 17.3 Å². The largest absolute Gasteiger partial charge is 0.329 e. The summed E-state index contributed by atoms with van der Waals surface area (Å²) >= 11 is 5.17. The van der Waals surface area contributed by atoms with Crippen LogP contribution >= 0.6 is 29.2 Å². The molecule has 0 aliphatic heterocycles. The van der Waals surface area contributed by atoms with Crippen LogP contribution in [0, 0.1) is 4.64 Å². The second-order valence-corrected chi connectivity index (χ2v) is 5.61. The number of fused-ring (bicyclic) bond motifs is 1. The zero-order chi connectivity index (χ0) is 15.2. The van der Waals surface area contributed by atoms with Gasteiger partial charge in [-0.2, -0.15) is 0 Å². The van der Waals surface area contributed by atoms with E-state index < -0.39 is 0 Å². The summed E-state index contributed by atoms with van der Waals surface area (Å²) in [7, 11) is 0. The Bertz CT molecular complexity index is 621. The Morgan fingerprint density at radius 2 is 2.09 bits per heavy atom. The fourth-order valence-corrected chi connectivity index (χ4v) is 2.62. The summed E-state index contributed by atoms with van der Waals surface area (Å²) < 4.78 is 2.42. The molecule has 1 atom stereocenters. The van der Waals surface area contributed by atoms with E-state index in [0.29, 0.717) is 10.7 Å². The average molecular weight is 389 g/mol. The molecule has 2 N–H and O–H groups in total. The molecule has 0 fully saturated rings. The molecule has 0 saturated carbocycles. The van der Waals surface area contributed by atoms with Gasteiger partial charge in [-0.3, -0.25) is 0 Å². The maximum Gasteiger partial charge on any atom is 0.160 e. The number of aromatic nitrogens is 4. The van der Waals surface area contributed by atoms with E-state index in [9.17, 15) is 0 Å². The van der Waals surface area contributed by atoms with Gasteiger partial charge in [0.05, 0.1) is 6.33 Å². The Labute approximate surface area is 147 Å². The first-order chi connectivity index (χ1) is 10.2. The number of nitrogens with zero attached hydrogens (tertiary/aromatic N) is 4. The third-order valence-electron chi connectivity index (χ3n) is 3.72. The molecule has 8 heteroatoms. The number of hydrogen-bond donors (Lipinski definition) is 2. The lowest BCUT2D eigenvalue weighted by atomic mass is 10.2. The van der Waals surface area contributed by atoms with Crippen LogP contribution in [0.15, 0.2) is 12.7 Å². The Morgan fingerprint density at radius 1 is 1.36 bits per heavy atom. The molecule has 0 saturated heterocycles. The molecule has 0 bridgehead atoms. The Balaban J connectivity index is 0.00000242. The lowest BCUT2D eigenvalue weighted by Gasteiger charge is -2.20. The van der Waals surface area contributed by atoms with Gasteiger partial charge in [0, 0.05) is 6.04 Å². The van der Waals surface area contributed by atoms with Gasteiger partial charge in [0.25, 0.3) is 0 Å². The average Bonchev–Trinajstić information content (AvgIpc) is 2.88. The number of aromatic amines is 1. The number of rotatable bonds is 8. The maximum absolute atomic E-state index is 5.17. The molecule has 0 radical (unpaired) electrons. The minimum Gasteiger partial charge on any atom is -0.329 e. The molecule has 2 rings (SSSR count). The fourth-order valence-electron chi connectivity index (χ4n) is 2.42. The third-order valence-corrected chi connectivity index (χ3v) is 4.02. The van der Waals surface area contributed by atoms with Crippen LogP contribution in [-0.4, -0.2) is 50.2 Å². The van der Waals surface area contributed by atoms with Crippen LogP contribution in [0.5, 0.6) is 0 Å². The van der Waals surface area contributed by atoms with Crippen LogP contribution < -0.4 is 5.43 Å². The summed E-state index contributed by atoms with van der Waals surface area (Å²) in [6, 6.07) is 0.369. The van der Waals surface area contributed by atoms with Gasteiger partial charge in [-0.1, -0.05) is 26.1 Å². The molecule has 124 valence electrons. The third kappa shape index (κ3) is 4.76. The highest BCUT2D eigenvalue weighted by atomic mass is 79.9. The van der Waals surface area contributed by atoms with Gasteiger partial charge < -0.3 is 15.3 Å². The highest BCUT2D eigenvalue weighted by Gasteiger charge is 2.08. The maximum atomic E-state index is 5.17. The summed E-state index contributed by atoms with van der Waals surface area (Å²) in [4.78, 5) is 13.9. The number of halogens is 1. The molecule has 2 aromatic heterocycles. The summed E-state index contributed by atoms with van der Waals surface area (Å²) in [6.45, 7) is 9.99. The van der Waals surface area contributed by atoms with Crippen molar-refractivity contribution < 1.29 is 0 Å². The van der Waals surface area contributed by atoms with E-state index >= 15 is 0 Å². The molecule has 0 aliphatic carbocycles. The normalized spacial score (nSPS) is 12.4. The lowest BCUT2D eigenvalue weighted by molar-refractivity contribution is 0.294. The molecule has 2 aromatic rings. The number of imidazole rings is 1. The lowest BCUT2D eigenvalue weighted by Crippen LogP contribution is -2.28. The summed E-state index contributed by atoms with van der Waals surface area (Å²) in [5.74, 6) is 0. The van der Waals surface area contributed by atoms with Crippen molar-refractivity contribution in [2.24, 2.45) is 0 Å². The Hall–Kier alpha value is -0.990. The van der Waals surface area contributed by atoms with E-state index in [4.69, 9.17) is 12.2 Å².